The van der Waals surface area contributed by atoms with Gasteiger partial charge in [-0.25, -0.2) is 9.78 Å². The minimum absolute atomic E-state index is 0.0807. The molecule has 0 saturated carbocycles. The van der Waals surface area contributed by atoms with Crippen molar-refractivity contribution in [1.82, 2.24) is 4.98 Å². The van der Waals surface area contributed by atoms with Crippen molar-refractivity contribution in [2.45, 2.75) is 12.6 Å². The molecule has 0 amide bonds. The molecular weight excluding hydrogens is 395 g/mol. The fourth-order valence-corrected chi connectivity index (χ4v) is 3.17. The number of fused-ring (bicyclic) bond motifs is 1. The van der Waals surface area contributed by atoms with Crippen LogP contribution in [0.2, 0.25) is 5.02 Å². The van der Waals surface area contributed by atoms with Gasteiger partial charge in [-0.15, -0.1) is 0 Å². The van der Waals surface area contributed by atoms with E-state index in [2.05, 4.69) is 4.98 Å². The summed E-state index contributed by atoms with van der Waals surface area (Å²) in [6.07, 6.45) is -4.36. The van der Waals surface area contributed by atoms with Crippen LogP contribution in [-0.4, -0.2) is 25.2 Å². The second-order valence-electron chi connectivity index (χ2n) is 6.01. The highest BCUT2D eigenvalue weighted by molar-refractivity contribution is 6.36. The van der Waals surface area contributed by atoms with E-state index >= 15 is 0 Å². The van der Waals surface area contributed by atoms with Crippen molar-refractivity contribution in [2.75, 3.05) is 14.2 Å². The first-order valence-corrected chi connectivity index (χ1v) is 8.53. The largest absolute Gasteiger partial charge is 0.481 e. The number of ether oxygens (including phenoxy) is 2. The number of benzene rings is 2. The third kappa shape index (κ3) is 3.89. The Balaban J connectivity index is 2.11. The van der Waals surface area contributed by atoms with Crippen molar-refractivity contribution >= 4 is 28.5 Å². The van der Waals surface area contributed by atoms with Crippen molar-refractivity contribution in [3.05, 3.63) is 69.7 Å². The van der Waals surface area contributed by atoms with Gasteiger partial charge in [0.2, 0.25) is 5.88 Å². The fourth-order valence-electron chi connectivity index (χ4n) is 2.87. The Kier molecular flexibility index (Phi) is 5.47. The number of nitrogens with zero attached hydrogens (tertiary/aromatic N) is 1. The van der Waals surface area contributed by atoms with Gasteiger partial charge in [0.25, 0.3) is 0 Å². The molecule has 0 bridgehead atoms. The summed E-state index contributed by atoms with van der Waals surface area (Å²) in [6, 6.07) is 9.65. The lowest BCUT2D eigenvalue weighted by Gasteiger charge is -2.14. The highest BCUT2D eigenvalue weighted by Crippen LogP contribution is 2.35. The second-order valence-corrected chi connectivity index (χ2v) is 6.39. The molecule has 1 heterocycles. The topological polar surface area (TPSA) is 48.4 Å². The van der Waals surface area contributed by atoms with Gasteiger partial charge in [0.1, 0.15) is 0 Å². The van der Waals surface area contributed by atoms with E-state index in [0.717, 1.165) is 12.1 Å². The Morgan fingerprint density at radius 3 is 2.54 bits per heavy atom. The number of alkyl halides is 3. The van der Waals surface area contributed by atoms with Crippen LogP contribution >= 0.6 is 11.6 Å². The Hall–Kier alpha value is -2.80. The Morgan fingerprint density at radius 2 is 1.89 bits per heavy atom. The number of esters is 1. The quantitative estimate of drug-likeness (QED) is 0.549. The molecule has 0 fully saturated rings. The van der Waals surface area contributed by atoms with Gasteiger partial charge in [0.15, 0.2) is 0 Å². The highest BCUT2D eigenvalue weighted by atomic mass is 35.5. The van der Waals surface area contributed by atoms with Gasteiger partial charge in [0.05, 0.1) is 35.9 Å². The number of pyridine rings is 1. The number of rotatable bonds is 4. The SMILES string of the molecule is COC(=O)c1ccc2nc(OC)c(Cc3cccc(C(F)(F)F)c3)c(Cl)c2c1. The number of carbonyl (C=O) groups is 1. The van der Waals surface area contributed by atoms with Crippen LogP contribution in [-0.2, 0) is 17.3 Å². The summed E-state index contributed by atoms with van der Waals surface area (Å²) in [5, 5.41) is 0.734. The normalized spacial score (nSPS) is 11.5. The van der Waals surface area contributed by atoms with Crippen LogP contribution in [0.4, 0.5) is 13.2 Å². The number of methoxy groups -OCH3 is 2. The van der Waals surface area contributed by atoms with Crippen LogP contribution in [0.15, 0.2) is 42.5 Å². The monoisotopic (exact) mass is 409 g/mol. The third-order valence-corrected chi connectivity index (χ3v) is 4.66. The van der Waals surface area contributed by atoms with E-state index in [1.165, 1.54) is 26.4 Å². The van der Waals surface area contributed by atoms with Crippen LogP contribution in [0, 0.1) is 0 Å². The van der Waals surface area contributed by atoms with Gasteiger partial charge in [-0.05, 0) is 29.8 Å². The van der Waals surface area contributed by atoms with E-state index < -0.39 is 17.7 Å². The minimum Gasteiger partial charge on any atom is -0.481 e. The minimum atomic E-state index is -4.44. The molecule has 0 unspecified atom stereocenters. The number of aromatic nitrogens is 1. The molecule has 8 heteroatoms. The lowest BCUT2D eigenvalue weighted by atomic mass is 10.0. The summed E-state index contributed by atoms with van der Waals surface area (Å²) in [6.45, 7) is 0. The summed E-state index contributed by atoms with van der Waals surface area (Å²) in [5.41, 5.74) is 0.858. The average molecular weight is 410 g/mol. The molecule has 28 heavy (non-hydrogen) atoms. The number of halogens is 4. The molecule has 4 nitrogen and oxygen atoms in total. The summed E-state index contributed by atoms with van der Waals surface area (Å²) in [4.78, 5) is 16.1. The second kappa shape index (κ2) is 7.67. The molecule has 0 aliphatic heterocycles. The van der Waals surface area contributed by atoms with E-state index in [9.17, 15) is 18.0 Å². The van der Waals surface area contributed by atoms with Gasteiger partial charge < -0.3 is 9.47 Å². The molecule has 0 aliphatic rings. The van der Waals surface area contributed by atoms with Crippen LogP contribution in [0.5, 0.6) is 5.88 Å². The van der Waals surface area contributed by atoms with E-state index in [1.807, 2.05) is 0 Å². The smallest absolute Gasteiger partial charge is 0.416 e. The molecule has 0 spiro atoms. The summed E-state index contributed by atoms with van der Waals surface area (Å²) in [5.74, 6) is -0.325. The maximum Gasteiger partial charge on any atom is 0.416 e. The van der Waals surface area contributed by atoms with E-state index in [-0.39, 0.29) is 22.9 Å². The molecule has 0 saturated heterocycles. The molecule has 146 valence electrons. The van der Waals surface area contributed by atoms with Gasteiger partial charge in [-0.3, -0.25) is 0 Å². The fraction of sp³-hybridized carbons (Fsp3) is 0.200. The maximum atomic E-state index is 13.0. The lowest BCUT2D eigenvalue weighted by molar-refractivity contribution is -0.137. The van der Waals surface area contributed by atoms with Crippen molar-refractivity contribution in [2.24, 2.45) is 0 Å². The summed E-state index contributed by atoms with van der Waals surface area (Å²) in [7, 11) is 2.67. The molecule has 0 radical (unpaired) electrons. The van der Waals surface area contributed by atoms with Crippen LogP contribution < -0.4 is 4.74 Å². The maximum absolute atomic E-state index is 13.0. The van der Waals surface area contributed by atoms with E-state index in [1.54, 1.807) is 18.2 Å². The molecule has 3 aromatic rings. The standard InChI is InChI=1S/C20H15ClF3NO3/c1-27-18-15(9-11-4-3-5-13(8-11)20(22,23)24)17(21)14-10-12(19(26)28-2)6-7-16(14)25-18/h3-8,10H,9H2,1-2H3. The zero-order chi connectivity index (χ0) is 20.5. The first-order valence-electron chi connectivity index (χ1n) is 8.15. The highest BCUT2D eigenvalue weighted by Gasteiger charge is 2.30. The predicted molar refractivity (Wildman–Crippen MR) is 98.9 cm³/mol. The first-order chi connectivity index (χ1) is 13.2. The molecule has 0 atom stereocenters. The molecule has 3 rings (SSSR count). The Bertz CT molecular complexity index is 1050. The molecule has 2 aromatic carbocycles. The van der Waals surface area contributed by atoms with Gasteiger partial charge in [0, 0.05) is 17.4 Å². The van der Waals surface area contributed by atoms with Crippen molar-refractivity contribution in [1.29, 1.82) is 0 Å². The van der Waals surface area contributed by atoms with Gasteiger partial charge >= 0.3 is 12.1 Å². The zero-order valence-corrected chi connectivity index (χ0v) is 15.7. The number of carbonyl (C=O) groups excluding carboxylic acids is 1. The van der Waals surface area contributed by atoms with Crippen LogP contribution in [0.25, 0.3) is 10.9 Å². The summed E-state index contributed by atoms with van der Waals surface area (Å²) < 4.78 is 49.0. The lowest BCUT2D eigenvalue weighted by Crippen LogP contribution is -2.06. The Morgan fingerprint density at radius 1 is 1.14 bits per heavy atom. The predicted octanol–water partition coefficient (Wildman–Crippen LogP) is 5.29. The van der Waals surface area contributed by atoms with Gasteiger partial charge in [-0.2, -0.15) is 13.2 Å². The molecule has 1 aromatic heterocycles. The summed E-state index contributed by atoms with van der Waals surface area (Å²) >= 11 is 6.53. The van der Waals surface area contributed by atoms with Gasteiger partial charge in [-0.1, -0.05) is 29.8 Å². The molecule has 0 aliphatic carbocycles. The third-order valence-electron chi connectivity index (χ3n) is 4.23. The number of hydrogen-bond acceptors (Lipinski definition) is 4. The number of hydrogen-bond donors (Lipinski definition) is 0. The van der Waals surface area contributed by atoms with Crippen LogP contribution in [0.1, 0.15) is 27.0 Å². The first kappa shape index (κ1) is 19.9. The van der Waals surface area contributed by atoms with E-state index in [0.29, 0.717) is 22.0 Å². The van der Waals surface area contributed by atoms with Crippen molar-refractivity contribution in [3.8, 4) is 5.88 Å². The van der Waals surface area contributed by atoms with Crippen molar-refractivity contribution < 1.29 is 27.4 Å². The average Bonchev–Trinajstić information content (AvgIpc) is 2.68. The zero-order valence-electron chi connectivity index (χ0n) is 14.9. The Labute approximate surface area is 163 Å². The van der Waals surface area contributed by atoms with Crippen LogP contribution in [0.3, 0.4) is 0 Å². The molecular formula is C20H15ClF3NO3. The van der Waals surface area contributed by atoms with E-state index in [4.69, 9.17) is 21.1 Å². The molecule has 0 N–H and O–H groups in total. The van der Waals surface area contributed by atoms with Crippen molar-refractivity contribution in [3.63, 3.8) is 0 Å².